The lowest BCUT2D eigenvalue weighted by molar-refractivity contribution is -0.119. The number of halogens is 1. The number of hydrogen-bond acceptors (Lipinski definition) is 4. The van der Waals surface area contributed by atoms with Crippen LogP contribution in [0.2, 0.25) is 5.02 Å². The molecule has 3 rings (SSSR count). The third kappa shape index (κ3) is 5.57. The highest BCUT2D eigenvalue weighted by atomic mass is 35.5. The second kappa shape index (κ2) is 10.3. The van der Waals surface area contributed by atoms with Crippen molar-refractivity contribution in [1.29, 1.82) is 0 Å². The number of rotatable bonds is 9. The predicted octanol–water partition coefficient (Wildman–Crippen LogP) is 4.25. The molecular weight excluding hydrogens is 436 g/mol. The number of nitrogens with zero attached hydrogens (tertiary/aromatic N) is 1. The molecule has 31 heavy (non-hydrogen) atoms. The number of amides is 1. The van der Waals surface area contributed by atoms with Crippen molar-refractivity contribution >= 4 is 33.2 Å². The van der Waals surface area contributed by atoms with Gasteiger partial charge in [0.05, 0.1) is 17.2 Å². The van der Waals surface area contributed by atoms with Gasteiger partial charge in [0.1, 0.15) is 12.3 Å². The van der Waals surface area contributed by atoms with Crippen LogP contribution in [0.1, 0.15) is 12.5 Å². The molecule has 0 spiro atoms. The molecule has 0 heterocycles. The fourth-order valence-electron chi connectivity index (χ4n) is 2.98. The van der Waals surface area contributed by atoms with E-state index in [9.17, 15) is 13.2 Å². The number of anilines is 1. The number of para-hydroxylation sites is 2. The summed E-state index contributed by atoms with van der Waals surface area (Å²) in [5, 5.41) is 3.27. The third-order valence-corrected chi connectivity index (χ3v) is 6.63. The summed E-state index contributed by atoms with van der Waals surface area (Å²) in [7, 11) is -4.01. The second-order valence-corrected chi connectivity index (χ2v) is 8.86. The number of ether oxygens (including phenoxy) is 1. The molecule has 0 aliphatic carbocycles. The van der Waals surface area contributed by atoms with Crippen LogP contribution in [0.15, 0.2) is 83.8 Å². The maximum atomic E-state index is 13.4. The van der Waals surface area contributed by atoms with E-state index in [2.05, 4.69) is 5.32 Å². The highest BCUT2D eigenvalue weighted by Crippen LogP contribution is 2.32. The molecule has 6 nitrogen and oxygen atoms in total. The summed E-state index contributed by atoms with van der Waals surface area (Å²) < 4.78 is 33.5. The Bertz CT molecular complexity index is 1140. The maximum Gasteiger partial charge on any atom is 0.264 e. The molecule has 0 aromatic heterocycles. The number of carbonyl (C=O) groups is 1. The number of benzene rings is 3. The molecule has 0 saturated heterocycles. The van der Waals surface area contributed by atoms with Crippen molar-refractivity contribution in [3.05, 3.63) is 89.4 Å². The summed E-state index contributed by atoms with van der Waals surface area (Å²) in [4.78, 5) is 12.8. The van der Waals surface area contributed by atoms with E-state index in [1.165, 1.54) is 12.1 Å². The maximum absolute atomic E-state index is 13.4. The zero-order valence-corrected chi connectivity index (χ0v) is 18.6. The fourth-order valence-corrected chi connectivity index (χ4v) is 4.64. The van der Waals surface area contributed by atoms with E-state index < -0.39 is 22.5 Å². The van der Waals surface area contributed by atoms with Gasteiger partial charge in [0.2, 0.25) is 5.91 Å². The van der Waals surface area contributed by atoms with Gasteiger partial charge in [-0.2, -0.15) is 0 Å². The summed E-state index contributed by atoms with van der Waals surface area (Å²) in [6, 6.07) is 21.9. The van der Waals surface area contributed by atoms with Crippen LogP contribution in [0, 0.1) is 0 Å². The molecule has 0 bridgehead atoms. The Labute approximate surface area is 187 Å². The van der Waals surface area contributed by atoms with E-state index in [0.29, 0.717) is 23.1 Å². The van der Waals surface area contributed by atoms with E-state index >= 15 is 0 Å². The Morgan fingerprint density at radius 1 is 0.968 bits per heavy atom. The summed E-state index contributed by atoms with van der Waals surface area (Å²) in [5.41, 5.74) is 1.03. The van der Waals surface area contributed by atoms with Gasteiger partial charge in [-0.05, 0) is 42.8 Å². The number of nitrogens with one attached hydrogen (secondary N) is 1. The van der Waals surface area contributed by atoms with Gasteiger partial charge in [-0.3, -0.25) is 9.10 Å². The summed E-state index contributed by atoms with van der Waals surface area (Å²) in [6.07, 6.45) is 0. The fraction of sp³-hybridized carbons (Fsp3) is 0.174. The molecule has 8 heteroatoms. The molecule has 3 aromatic carbocycles. The quantitative estimate of drug-likeness (QED) is 0.520. The normalized spacial score (nSPS) is 11.0. The molecule has 0 aliphatic rings. The molecule has 0 aliphatic heterocycles. The SMILES string of the molecule is CCOc1ccccc1N(CC(=O)NCc1ccccc1Cl)S(=O)(=O)c1ccccc1. The van der Waals surface area contributed by atoms with Gasteiger partial charge < -0.3 is 10.1 Å². The van der Waals surface area contributed by atoms with Crippen LogP contribution in [-0.4, -0.2) is 27.5 Å². The Balaban J connectivity index is 1.91. The van der Waals surface area contributed by atoms with Crippen LogP contribution in [0.4, 0.5) is 5.69 Å². The predicted molar refractivity (Wildman–Crippen MR) is 122 cm³/mol. The summed E-state index contributed by atoms with van der Waals surface area (Å²) in [6.45, 7) is 1.94. The summed E-state index contributed by atoms with van der Waals surface area (Å²) >= 11 is 6.14. The van der Waals surface area contributed by atoms with Gasteiger partial charge >= 0.3 is 0 Å². The van der Waals surface area contributed by atoms with E-state index in [1.807, 2.05) is 13.0 Å². The number of hydrogen-bond donors (Lipinski definition) is 1. The van der Waals surface area contributed by atoms with Gasteiger partial charge in [-0.1, -0.05) is 60.1 Å². The first kappa shape index (κ1) is 22.7. The minimum absolute atomic E-state index is 0.0835. The van der Waals surface area contributed by atoms with E-state index in [4.69, 9.17) is 16.3 Å². The van der Waals surface area contributed by atoms with Gasteiger partial charge in [0.25, 0.3) is 10.0 Å². The van der Waals surface area contributed by atoms with E-state index in [1.54, 1.807) is 60.7 Å². The average Bonchev–Trinajstić information content (AvgIpc) is 2.78. The molecule has 0 unspecified atom stereocenters. The zero-order chi connectivity index (χ0) is 22.3. The van der Waals surface area contributed by atoms with E-state index in [0.717, 1.165) is 9.87 Å². The van der Waals surface area contributed by atoms with Crippen LogP contribution in [0.3, 0.4) is 0 Å². The van der Waals surface area contributed by atoms with Crippen molar-refractivity contribution in [3.8, 4) is 5.75 Å². The molecule has 3 aromatic rings. The van der Waals surface area contributed by atoms with Gasteiger partial charge in [0, 0.05) is 11.6 Å². The van der Waals surface area contributed by atoms with Crippen molar-refractivity contribution in [2.24, 2.45) is 0 Å². The minimum Gasteiger partial charge on any atom is -0.492 e. The van der Waals surface area contributed by atoms with Crippen molar-refractivity contribution in [1.82, 2.24) is 5.32 Å². The molecule has 0 atom stereocenters. The van der Waals surface area contributed by atoms with Crippen LogP contribution >= 0.6 is 11.6 Å². The highest BCUT2D eigenvalue weighted by Gasteiger charge is 2.29. The largest absolute Gasteiger partial charge is 0.492 e. The van der Waals surface area contributed by atoms with Crippen molar-refractivity contribution in [2.45, 2.75) is 18.4 Å². The first-order valence-corrected chi connectivity index (χ1v) is 11.5. The van der Waals surface area contributed by atoms with Gasteiger partial charge in [0.15, 0.2) is 0 Å². The lowest BCUT2D eigenvalue weighted by Gasteiger charge is -2.26. The molecule has 1 amide bonds. The third-order valence-electron chi connectivity index (χ3n) is 4.49. The average molecular weight is 459 g/mol. The lowest BCUT2D eigenvalue weighted by Crippen LogP contribution is -2.41. The minimum atomic E-state index is -4.01. The summed E-state index contributed by atoms with van der Waals surface area (Å²) in [5.74, 6) is -0.0888. The van der Waals surface area contributed by atoms with Gasteiger partial charge in [-0.25, -0.2) is 8.42 Å². The monoisotopic (exact) mass is 458 g/mol. The Morgan fingerprint density at radius 2 is 1.61 bits per heavy atom. The number of carbonyl (C=O) groups excluding carboxylic acids is 1. The second-order valence-electron chi connectivity index (χ2n) is 6.59. The Hall–Kier alpha value is -3.03. The first-order chi connectivity index (χ1) is 14.9. The smallest absolute Gasteiger partial charge is 0.264 e. The van der Waals surface area contributed by atoms with Gasteiger partial charge in [-0.15, -0.1) is 0 Å². The molecular formula is C23H23ClN2O4S. The topological polar surface area (TPSA) is 75.7 Å². The van der Waals surface area contributed by atoms with Crippen LogP contribution in [-0.2, 0) is 21.4 Å². The Morgan fingerprint density at radius 3 is 2.32 bits per heavy atom. The molecule has 0 fully saturated rings. The van der Waals surface area contributed by atoms with Crippen LogP contribution in [0.25, 0.3) is 0 Å². The van der Waals surface area contributed by atoms with Crippen molar-refractivity contribution in [2.75, 3.05) is 17.5 Å². The van der Waals surface area contributed by atoms with Crippen LogP contribution < -0.4 is 14.4 Å². The van der Waals surface area contributed by atoms with Crippen LogP contribution in [0.5, 0.6) is 5.75 Å². The van der Waals surface area contributed by atoms with Crippen molar-refractivity contribution in [3.63, 3.8) is 0 Å². The molecule has 1 N–H and O–H groups in total. The molecule has 162 valence electrons. The Kier molecular flexibility index (Phi) is 7.55. The first-order valence-electron chi connectivity index (χ1n) is 9.73. The van der Waals surface area contributed by atoms with E-state index in [-0.39, 0.29) is 11.4 Å². The lowest BCUT2D eigenvalue weighted by atomic mass is 10.2. The van der Waals surface area contributed by atoms with Crippen molar-refractivity contribution < 1.29 is 17.9 Å². The molecule has 0 saturated carbocycles. The standard InChI is InChI=1S/C23H23ClN2O4S/c1-2-30-22-15-9-8-14-21(22)26(31(28,29)19-11-4-3-5-12-19)17-23(27)25-16-18-10-6-7-13-20(18)24/h3-15H,2,16-17H2,1H3,(H,25,27). The number of sulfonamides is 1. The zero-order valence-electron chi connectivity index (χ0n) is 17.0. The molecule has 0 radical (unpaired) electrons. The highest BCUT2D eigenvalue weighted by molar-refractivity contribution is 7.92.